The molecule has 5 heteroatoms. The van der Waals surface area contributed by atoms with Gasteiger partial charge < -0.3 is 15.3 Å². The molecule has 2 amide bonds. The Kier molecular flexibility index (Phi) is 4.59. The van der Waals surface area contributed by atoms with Crippen LogP contribution in [0.3, 0.4) is 0 Å². The molecule has 0 aliphatic carbocycles. The van der Waals surface area contributed by atoms with Crippen LogP contribution in [0, 0.1) is 5.41 Å². The smallest absolute Gasteiger partial charge is 0.326 e. The zero-order valence-corrected chi connectivity index (χ0v) is 11.7. The van der Waals surface area contributed by atoms with Crippen LogP contribution in [0.15, 0.2) is 0 Å². The van der Waals surface area contributed by atoms with Gasteiger partial charge in [-0.15, -0.1) is 0 Å². The maximum atomic E-state index is 12.1. The minimum absolute atomic E-state index is 0.248. The summed E-state index contributed by atoms with van der Waals surface area (Å²) in [7, 11) is 0. The molecule has 5 nitrogen and oxygen atoms in total. The summed E-state index contributed by atoms with van der Waals surface area (Å²) in [6.07, 6.45) is 2.93. The number of aliphatic carboxylic acids is 1. The van der Waals surface area contributed by atoms with Crippen molar-refractivity contribution in [3.8, 4) is 0 Å². The topological polar surface area (TPSA) is 69.6 Å². The molecule has 1 aliphatic heterocycles. The van der Waals surface area contributed by atoms with Crippen LogP contribution in [-0.4, -0.2) is 40.6 Å². The summed E-state index contributed by atoms with van der Waals surface area (Å²) in [5.74, 6) is -0.983. The largest absolute Gasteiger partial charge is 0.480 e. The molecule has 1 unspecified atom stereocenters. The van der Waals surface area contributed by atoms with E-state index in [2.05, 4.69) is 12.2 Å². The Labute approximate surface area is 109 Å². The molecule has 0 bridgehead atoms. The molecule has 2 atom stereocenters. The summed E-state index contributed by atoms with van der Waals surface area (Å²) >= 11 is 0. The van der Waals surface area contributed by atoms with Crippen molar-refractivity contribution in [1.82, 2.24) is 10.2 Å². The molecule has 1 rings (SSSR count). The number of carboxylic acids is 1. The number of carboxylic acid groups (broad SMARTS) is 1. The van der Waals surface area contributed by atoms with Crippen LogP contribution < -0.4 is 5.32 Å². The monoisotopic (exact) mass is 256 g/mol. The lowest BCUT2D eigenvalue weighted by Gasteiger charge is -2.31. The van der Waals surface area contributed by atoms with E-state index in [9.17, 15) is 14.7 Å². The van der Waals surface area contributed by atoms with Crippen LogP contribution in [0.2, 0.25) is 0 Å². The molecule has 2 N–H and O–H groups in total. The van der Waals surface area contributed by atoms with Crippen LogP contribution in [0.5, 0.6) is 0 Å². The van der Waals surface area contributed by atoms with Crippen LogP contribution in [0.4, 0.5) is 4.79 Å². The fourth-order valence-corrected chi connectivity index (χ4v) is 2.38. The van der Waals surface area contributed by atoms with E-state index in [1.54, 1.807) is 4.90 Å². The Bertz CT molecular complexity index is 323. The normalized spacial score (nSPS) is 21.8. The average molecular weight is 256 g/mol. The van der Waals surface area contributed by atoms with Gasteiger partial charge in [-0.2, -0.15) is 0 Å². The highest BCUT2D eigenvalue weighted by atomic mass is 16.4. The first-order valence-corrected chi connectivity index (χ1v) is 6.57. The molecule has 0 saturated carbocycles. The van der Waals surface area contributed by atoms with E-state index in [0.29, 0.717) is 0 Å². The lowest BCUT2D eigenvalue weighted by Crippen LogP contribution is -2.54. The van der Waals surface area contributed by atoms with E-state index in [-0.39, 0.29) is 12.1 Å². The van der Waals surface area contributed by atoms with Crippen LogP contribution in [-0.2, 0) is 4.79 Å². The highest BCUT2D eigenvalue weighted by Crippen LogP contribution is 2.23. The van der Waals surface area contributed by atoms with Gasteiger partial charge in [-0.05, 0) is 24.7 Å². The van der Waals surface area contributed by atoms with E-state index in [1.165, 1.54) is 0 Å². The van der Waals surface area contributed by atoms with Crippen molar-refractivity contribution in [3.63, 3.8) is 0 Å². The van der Waals surface area contributed by atoms with E-state index < -0.39 is 17.4 Å². The number of nitrogens with one attached hydrogen (secondary N) is 1. The number of nitrogens with zero attached hydrogens (tertiary/aromatic N) is 1. The first-order valence-electron chi connectivity index (χ1n) is 6.57. The van der Waals surface area contributed by atoms with E-state index in [0.717, 1.165) is 25.8 Å². The fourth-order valence-electron chi connectivity index (χ4n) is 2.38. The van der Waals surface area contributed by atoms with Crippen molar-refractivity contribution < 1.29 is 14.7 Å². The number of likely N-dealkylation sites (tertiary alicyclic amines) is 1. The van der Waals surface area contributed by atoms with Crippen LogP contribution >= 0.6 is 0 Å². The minimum Gasteiger partial charge on any atom is -0.480 e. The van der Waals surface area contributed by atoms with Gasteiger partial charge in [0.15, 0.2) is 0 Å². The van der Waals surface area contributed by atoms with Gasteiger partial charge in [0.2, 0.25) is 0 Å². The van der Waals surface area contributed by atoms with Crippen molar-refractivity contribution in [3.05, 3.63) is 0 Å². The summed E-state index contributed by atoms with van der Waals surface area (Å²) < 4.78 is 0. The van der Waals surface area contributed by atoms with Crippen molar-refractivity contribution in [2.24, 2.45) is 5.41 Å². The van der Waals surface area contributed by atoms with Gasteiger partial charge >= 0.3 is 12.0 Å². The summed E-state index contributed by atoms with van der Waals surface area (Å²) in [5.41, 5.74) is -0.497. The maximum Gasteiger partial charge on any atom is 0.326 e. The Balaban J connectivity index is 2.70. The molecule has 0 radical (unpaired) electrons. The molecule has 1 fully saturated rings. The Morgan fingerprint density at radius 1 is 1.44 bits per heavy atom. The number of urea groups is 1. The quantitative estimate of drug-likeness (QED) is 0.812. The van der Waals surface area contributed by atoms with Gasteiger partial charge in [-0.3, -0.25) is 0 Å². The van der Waals surface area contributed by atoms with E-state index >= 15 is 0 Å². The van der Waals surface area contributed by atoms with Gasteiger partial charge in [0, 0.05) is 12.6 Å². The Hall–Kier alpha value is -1.26. The molecular formula is C13H24N2O3. The predicted octanol–water partition coefficient (Wildman–Crippen LogP) is 2.07. The molecule has 1 heterocycles. The predicted molar refractivity (Wildman–Crippen MR) is 69.4 cm³/mol. The van der Waals surface area contributed by atoms with E-state index in [4.69, 9.17) is 0 Å². The summed E-state index contributed by atoms with van der Waals surface area (Å²) in [5, 5.41) is 11.8. The first kappa shape index (κ1) is 14.8. The molecule has 18 heavy (non-hydrogen) atoms. The number of carbonyl (C=O) groups is 2. The Morgan fingerprint density at radius 2 is 2.06 bits per heavy atom. The number of hydrogen-bond donors (Lipinski definition) is 2. The molecule has 0 aromatic heterocycles. The van der Waals surface area contributed by atoms with Gasteiger partial charge in [0.1, 0.15) is 6.04 Å². The second-order valence-corrected chi connectivity index (χ2v) is 5.98. The molecule has 1 saturated heterocycles. The van der Waals surface area contributed by atoms with E-state index in [1.807, 2.05) is 20.8 Å². The summed E-state index contributed by atoms with van der Waals surface area (Å²) in [6, 6.07) is -0.857. The number of rotatable bonds is 3. The van der Waals surface area contributed by atoms with Gasteiger partial charge in [0.25, 0.3) is 0 Å². The third-order valence-electron chi connectivity index (χ3n) is 3.49. The highest BCUT2D eigenvalue weighted by Gasteiger charge is 2.35. The molecular weight excluding hydrogens is 232 g/mol. The van der Waals surface area contributed by atoms with Crippen molar-refractivity contribution in [1.29, 1.82) is 0 Å². The second kappa shape index (κ2) is 5.59. The molecule has 0 spiro atoms. The lowest BCUT2D eigenvalue weighted by molar-refractivity contribution is -0.142. The first-order chi connectivity index (χ1) is 8.27. The maximum absolute atomic E-state index is 12.1. The van der Waals surface area contributed by atoms with Crippen molar-refractivity contribution in [2.45, 2.75) is 59.0 Å². The minimum atomic E-state index is -0.983. The van der Waals surface area contributed by atoms with Gasteiger partial charge in [0.05, 0.1) is 0 Å². The summed E-state index contributed by atoms with van der Waals surface area (Å²) in [6.45, 7) is 8.21. The van der Waals surface area contributed by atoms with Crippen molar-refractivity contribution in [2.75, 3.05) is 6.54 Å². The molecule has 104 valence electrons. The zero-order chi connectivity index (χ0) is 13.9. The van der Waals surface area contributed by atoms with Crippen LogP contribution in [0.1, 0.15) is 47.0 Å². The Morgan fingerprint density at radius 3 is 2.50 bits per heavy atom. The zero-order valence-electron chi connectivity index (χ0n) is 11.7. The van der Waals surface area contributed by atoms with Gasteiger partial charge in [-0.25, -0.2) is 9.59 Å². The SMILES string of the molecule is CCC1CCCN1C(=O)N[C@H](C(=O)O)C(C)(C)C. The highest BCUT2D eigenvalue weighted by molar-refractivity contribution is 5.83. The lowest BCUT2D eigenvalue weighted by atomic mass is 9.87. The number of amides is 2. The number of hydrogen-bond acceptors (Lipinski definition) is 2. The molecule has 0 aromatic rings. The standard InChI is InChI=1S/C13H24N2O3/c1-5-9-7-6-8-15(9)12(18)14-10(11(16)17)13(2,3)4/h9-10H,5-8H2,1-4H3,(H,14,18)(H,16,17)/t9?,10-/m1/s1. The summed E-state index contributed by atoms with van der Waals surface area (Å²) in [4.78, 5) is 25.1. The fraction of sp³-hybridized carbons (Fsp3) is 0.846. The average Bonchev–Trinajstić information content (AvgIpc) is 2.71. The van der Waals surface area contributed by atoms with Gasteiger partial charge in [-0.1, -0.05) is 27.7 Å². The van der Waals surface area contributed by atoms with Crippen LogP contribution in [0.25, 0.3) is 0 Å². The molecule has 1 aliphatic rings. The third-order valence-corrected chi connectivity index (χ3v) is 3.49. The number of carbonyl (C=O) groups excluding carboxylic acids is 1. The second-order valence-electron chi connectivity index (χ2n) is 5.98. The molecule has 0 aromatic carbocycles. The van der Waals surface area contributed by atoms with Crippen molar-refractivity contribution >= 4 is 12.0 Å². The third kappa shape index (κ3) is 3.37.